The molecule has 1 unspecified atom stereocenters. The maximum atomic E-state index is 13.1. The van der Waals surface area contributed by atoms with Gasteiger partial charge in [0.15, 0.2) is 12.4 Å². The van der Waals surface area contributed by atoms with Gasteiger partial charge >= 0.3 is 5.69 Å². The lowest BCUT2D eigenvalue weighted by Gasteiger charge is -2.29. The third-order valence-corrected chi connectivity index (χ3v) is 8.18. The largest absolute Gasteiger partial charge is 0.477 e. The predicted molar refractivity (Wildman–Crippen MR) is 128 cm³/mol. The smallest absolute Gasteiger partial charge is 0.312 e. The van der Waals surface area contributed by atoms with Gasteiger partial charge in [0.05, 0.1) is 9.82 Å². The van der Waals surface area contributed by atoms with Crippen molar-refractivity contribution in [3.63, 3.8) is 0 Å². The van der Waals surface area contributed by atoms with Crippen LogP contribution in [0.3, 0.4) is 0 Å². The Balaban J connectivity index is 1.79. The minimum Gasteiger partial charge on any atom is -0.477 e. The summed E-state index contributed by atoms with van der Waals surface area (Å²) in [5.41, 5.74) is 0.492. The molecule has 0 radical (unpaired) electrons. The number of nitro groups is 1. The van der Waals surface area contributed by atoms with Gasteiger partial charge in [-0.1, -0.05) is 44.2 Å². The van der Waals surface area contributed by atoms with Gasteiger partial charge in [-0.25, -0.2) is 8.42 Å². The molecule has 34 heavy (non-hydrogen) atoms. The van der Waals surface area contributed by atoms with Crippen molar-refractivity contribution < 1.29 is 22.9 Å². The number of nitro benzene ring substituents is 1. The van der Waals surface area contributed by atoms with E-state index in [0.29, 0.717) is 12.5 Å². The Bertz CT molecular complexity index is 1110. The van der Waals surface area contributed by atoms with Crippen molar-refractivity contribution in [2.45, 2.75) is 51.1 Å². The SMILES string of the molecule is CCN(CC)S(=O)(=O)c1ccc(OCC(=O)N(Cc2ccccc2)C(C)C2CC2)c([N+](=O)[O-])c1. The van der Waals surface area contributed by atoms with Crippen molar-refractivity contribution >= 4 is 21.6 Å². The number of sulfonamides is 1. The number of amides is 1. The zero-order valence-corrected chi connectivity index (χ0v) is 20.5. The second-order valence-corrected chi connectivity index (χ2v) is 10.3. The van der Waals surface area contributed by atoms with Crippen molar-refractivity contribution in [2.75, 3.05) is 19.7 Å². The minimum absolute atomic E-state index is 0.0212. The van der Waals surface area contributed by atoms with Crippen molar-refractivity contribution in [1.82, 2.24) is 9.21 Å². The van der Waals surface area contributed by atoms with E-state index in [0.717, 1.165) is 24.5 Å². The van der Waals surface area contributed by atoms with E-state index in [2.05, 4.69) is 0 Å². The zero-order chi connectivity index (χ0) is 24.9. The van der Waals surface area contributed by atoms with E-state index in [9.17, 15) is 23.3 Å². The topological polar surface area (TPSA) is 110 Å². The molecule has 184 valence electrons. The molecule has 1 amide bonds. The summed E-state index contributed by atoms with van der Waals surface area (Å²) in [6, 6.07) is 13.1. The Kier molecular flexibility index (Phi) is 8.27. The summed E-state index contributed by atoms with van der Waals surface area (Å²) in [5, 5.41) is 11.7. The number of carbonyl (C=O) groups excluding carboxylic acids is 1. The maximum absolute atomic E-state index is 13.1. The van der Waals surface area contributed by atoms with Gasteiger partial charge in [-0.05, 0) is 43.4 Å². The van der Waals surface area contributed by atoms with E-state index >= 15 is 0 Å². The first-order valence-corrected chi connectivity index (χ1v) is 12.9. The highest BCUT2D eigenvalue weighted by molar-refractivity contribution is 7.89. The molecule has 0 aromatic heterocycles. The van der Waals surface area contributed by atoms with Crippen LogP contribution in [0.1, 0.15) is 39.2 Å². The average Bonchev–Trinajstić information content (AvgIpc) is 3.67. The van der Waals surface area contributed by atoms with Gasteiger partial charge in [-0.3, -0.25) is 14.9 Å². The maximum Gasteiger partial charge on any atom is 0.312 e. The third kappa shape index (κ3) is 5.92. The molecule has 9 nitrogen and oxygen atoms in total. The lowest BCUT2D eigenvalue weighted by Crippen LogP contribution is -2.42. The van der Waals surface area contributed by atoms with Crippen LogP contribution in [0.2, 0.25) is 0 Å². The summed E-state index contributed by atoms with van der Waals surface area (Å²) in [6.07, 6.45) is 2.13. The van der Waals surface area contributed by atoms with Crippen LogP contribution in [0.4, 0.5) is 5.69 Å². The van der Waals surface area contributed by atoms with Crippen molar-refractivity contribution in [1.29, 1.82) is 0 Å². The van der Waals surface area contributed by atoms with E-state index in [-0.39, 0.29) is 42.3 Å². The van der Waals surface area contributed by atoms with Gasteiger partial charge in [-0.2, -0.15) is 4.31 Å². The fourth-order valence-corrected chi connectivity index (χ4v) is 5.41. The third-order valence-electron chi connectivity index (χ3n) is 6.13. The van der Waals surface area contributed by atoms with Gasteiger partial charge < -0.3 is 9.64 Å². The Morgan fingerprint density at radius 2 is 1.79 bits per heavy atom. The van der Waals surface area contributed by atoms with E-state index in [1.807, 2.05) is 37.3 Å². The number of ether oxygens (including phenoxy) is 1. The molecule has 1 fully saturated rings. The van der Waals surface area contributed by atoms with Gasteiger partial charge in [0.2, 0.25) is 10.0 Å². The van der Waals surface area contributed by atoms with E-state index < -0.39 is 20.6 Å². The van der Waals surface area contributed by atoms with Crippen molar-refractivity contribution in [3.8, 4) is 5.75 Å². The van der Waals surface area contributed by atoms with Crippen molar-refractivity contribution in [2.24, 2.45) is 5.92 Å². The summed E-state index contributed by atoms with van der Waals surface area (Å²) in [7, 11) is -3.87. The molecule has 1 aliphatic rings. The monoisotopic (exact) mass is 489 g/mol. The number of rotatable bonds is 12. The molecule has 10 heteroatoms. The Hall–Kier alpha value is -2.98. The molecule has 0 saturated heterocycles. The van der Waals surface area contributed by atoms with Crippen LogP contribution in [-0.4, -0.2) is 54.2 Å². The van der Waals surface area contributed by atoms with Crippen LogP contribution in [-0.2, 0) is 21.4 Å². The Morgan fingerprint density at radius 1 is 1.15 bits per heavy atom. The van der Waals surface area contributed by atoms with Gasteiger partial charge in [0.25, 0.3) is 5.91 Å². The highest BCUT2D eigenvalue weighted by Gasteiger charge is 2.35. The summed E-state index contributed by atoms with van der Waals surface area (Å²) >= 11 is 0. The van der Waals surface area contributed by atoms with Gasteiger partial charge in [-0.15, -0.1) is 0 Å². The molecule has 2 aromatic rings. The van der Waals surface area contributed by atoms with Crippen LogP contribution in [0.5, 0.6) is 5.75 Å². The summed E-state index contributed by atoms with van der Waals surface area (Å²) in [4.78, 5) is 25.6. The number of nitrogens with zero attached hydrogens (tertiary/aromatic N) is 3. The van der Waals surface area contributed by atoms with E-state index in [1.54, 1.807) is 18.7 Å². The molecule has 0 N–H and O–H groups in total. The highest BCUT2D eigenvalue weighted by atomic mass is 32.2. The molecule has 2 aromatic carbocycles. The van der Waals surface area contributed by atoms with Crippen LogP contribution in [0.15, 0.2) is 53.4 Å². The number of hydrogen-bond acceptors (Lipinski definition) is 6. The molecule has 0 aliphatic heterocycles. The second kappa shape index (κ2) is 11.0. The summed E-state index contributed by atoms with van der Waals surface area (Å²) < 4.78 is 32.3. The molecule has 1 aliphatic carbocycles. The summed E-state index contributed by atoms with van der Waals surface area (Å²) in [6.45, 7) is 5.93. The van der Waals surface area contributed by atoms with Crippen LogP contribution in [0, 0.1) is 16.0 Å². The Morgan fingerprint density at radius 3 is 2.35 bits per heavy atom. The molecule has 1 saturated carbocycles. The molecule has 0 heterocycles. The standard InChI is InChI=1S/C24H31N3O6S/c1-4-25(5-2)34(31,32)21-13-14-23(22(15-21)27(29)30)33-17-24(28)26(18(3)20-11-12-20)16-19-9-7-6-8-10-19/h6-10,13-15,18,20H,4-5,11-12,16-17H2,1-3H3. The Labute approximate surface area is 200 Å². The quantitative estimate of drug-likeness (QED) is 0.331. The number of hydrogen-bond donors (Lipinski definition) is 0. The van der Waals surface area contributed by atoms with Crippen LogP contribution in [0.25, 0.3) is 0 Å². The van der Waals surface area contributed by atoms with Crippen LogP contribution < -0.4 is 4.74 Å². The normalized spacial score (nSPS) is 14.6. The second-order valence-electron chi connectivity index (χ2n) is 8.35. The minimum atomic E-state index is -3.87. The van der Waals surface area contributed by atoms with E-state index in [4.69, 9.17) is 4.74 Å². The number of benzene rings is 2. The fourth-order valence-electron chi connectivity index (χ4n) is 3.93. The highest BCUT2D eigenvalue weighted by Crippen LogP contribution is 2.36. The first-order valence-electron chi connectivity index (χ1n) is 11.4. The van der Waals surface area contributed by atoms with Gasteiger partial charge in [0, 0.05) is 31.7 Å². The number of carbonyl (C=O) groups is 1. The molecule has 0 bridgehead atoms. The molecular formula is C24H31N3O6S. The first-order chi connectivity index (χ1) is 16.2. The predicted octanol–water partition coefficient (Wildman–Crippen LogP) is 3.83. The molecule has 3 rings (SSSR count). The van der Waals surface area contributed by atoms with E-state index in [1.165, 1.54) is 16.4 Å². The zero-order valence-electron chi connectivity index (χ0n) is 19.7. The van der Waals surface area contributed by atoms with Crippen molar-refractivity contribution in [3.05, 3.63) is 64.2 Å². The summed E-state index contributed by atoms with van der Waals surface area (Å²) in [5.74, 6) is 0.0135. The molecule has 1 atom stereocenters. The van der Waals surface area contributed by atoms with Gasteiger partial charge in [0.1, 0.15) is 0 Å². The molecule has 0 spiro atoms. The average molecular weight is 490 g/mol. The lowest BCUT2D eigenvalue weighted by molar-refractivity contribution is -0.386. The van der Waals surface area contributed by atoms with Crippen LogP contribution >= 0.6 is 0 Å². The fraction of sp³-hybridized carbons (Fsp3) is 0.458. The molecular weight excluding hydrogens is 458 g/mol. The lowest BCUT2D eigenvalue weighted by atomic mass is 10.1. The first kappa shape index (κ1) is 25.6.